The molecule has 1 N–H and O–H groups in total. The van der Waals surface area contributed by atoms with Crippen molar-refractivity contribution in [2.45, 2.75) is 18.0 Å². The fraction of sp³-hybridized carbons (Fsp3) is 0.308. The molecular weight excluding hydrogens is 294 g/mol. The van der Waals surface area contributed by atoms with E-state index in [1.165, 1.54) is 15.6 Å². The number of thiazole rings is 1. The van der Waals surface area contributed by atoms with Gasteiger partial charge in [0.25, 0.3) is 0 Å². The Labute approximate surface area is 123 Å². The van der Waals surface area contributed by atoms with Crippen LogP contribution in [-0.2, 0) is 23.1 Å². The molecule has 0 atom stereocenters. The summed E-state index contributed by atoms with van der Waals surface area (Å²) in [6, 6.07) is 6.97. The van der Waals surface area contributed by atoms with Crippen LogP contribution >= 0.6 is 11.3 Å². The first-order valence-electron chi connectivity index (χ1n) is 6.11. The molecule has 0 aliphatic heterocycles. The van der Waals surface area contributed by atoms with Gasteiger partial charge in [-0.1, -0.05) is 12.1 Å². The molecule has 20 heavy (non-hydrogen) atoms. The van der Waals surface area contributed by atoms with Crippen molar-refractivity contribution >= 4 is 21.4 Å². The summed E-state index contributed by atoms with van der Waals surface area (Å²) in [5, 5.41) is 4.86. The zero-order valence-electron chi connectivity index (χ0n) is 11.4. The smallest absolute Gasteiger partial charge is 0.243 e. The van der Waals surface area contributed by atoms with Crippen LogP contribution in [0, 0.1) is 0 Å². The van der Waals surface area contributed by atoms with Crippen LogP contribution in [0.1, 0.15) is 11.3 Å². The third-order valence-electron chi connectivity index (χ3n) is 2.86. The fourth-order valence-corrected chi connectivity index (χ4v) is 3.59. The summed E-state index contributed by atoms with van der Waals surface area (Å²) in [4.78, 5) is 4.42. The normalized spacial score (nSPS) is 11.9. The van der Waals surface area contributed by atoms with Gasteiger partial charge in [0.15, 0.2) is 0 Å². The Kier molecular flexibility index (Phi) is 4.87. The summed E-state index contributed by atoms with van der Waals surface area (Å²) in [6.07, 6.45) is 0. The summed E-state index contributed by atoms with van der Waals surface area (Å²) >= 11 is 1.46. The van der Waals surface area contributed by atoms with Crippen molar-refractivity contribution in [2.24, 2.45) is 0 Å². The minimum absolute atomic E-state index is 0.280. The van der Waals surface area contributed by atoms with Crippen LogP contribution in [0.4, 0.5) is 0 Å². The Morgan fingerprint density at radius 2 is 2.20 bits per heavy atom. The highest BCUT2D eigenvalue weighted by Gasteiger charge is 2.21. The number of sulfonamides is 1. The van der Waals surface area contributed by atoms with Gasteiger partial charge in [-0.25, -0.2) is 13.4 Å². The highest BCUT2D eigenvalue weighted by Crippen LogP contribution is 2.18. The van der Waals surface area contributed by atoms with Crippen LogP contribution in [0.5, 0.6) is 0 Å². The first-order valence-corrected chi connectivity index (χ1v) is 8.49. The molecule has 0 spiro atoms. The lowest BCUT2D eigenvalue weighted by Crippen LogP contribution is -2.26. The zero-order chi connectivity index (χ0) is 14.6. The van der Waals surface area contributed by atoms with Gasteiger partial charge in [-0.2, -0.15) is 4.31 Å². The van der Waals surface area contributed by atoms with E-state index in [1.807, 2.05) is 18.5 Å². The molecule has 0 saturated heterocycles. The summed E-state index contributed by atoms with van der Waals surface area (Å²) in [5.41, 5.74) is 3.40. The monoisotopic (exact) mass is 311 g/mol. The van der Waals surface area contributed by atoms with Gasteiger partial charge < -0.3 is 5.32 Å². The van der Waals surface area contributed by atoms with Crippen molar-refractivity contribution < 1.29 is 8.42 Å². The maximum absolute atomic E-state index is 12.5. The number of nitrogens with zero attached hydrogens (tertiary/aromatic N) is 2. The molecule has 0 unspecified atom stereocenters. The molecule has 0 aliphatic carbocycles. The molecule has 108 valence electrons. The van der Waals surface area contributed by atoms with Crippen molar-refractivity contribution in [1.82, 2.24) is 14.6 Å². The van der Waals surface area contributed by atoms with Gasteiger partial charge in [0.1, 0.15) is 0 Å². The van der Waals surface area contributed by atoms with Crippen molar-refractivity contribution in [3.8, 4) is 0 Å². The van der Waals surface area contributed by atoms with E-state index in [0.29, 0.717) is 11.4 Å². The molecule has 5 nitrogen and oxygen atoms in total. The number of hydrogen-bond acceptors (Lipinski definition) is 5. The maximum atomic E-state index is 12.5. The van der Waals surface area contributed by atoms with E-state index < -0.39 is 10.0 Å². The lowest BCUT2D eigenvalue weighted by atomic mass is 10.2. The third-order valence-corrected chi connectivity index (χ3v) is 5.29. The van der Waals surface area contributed by atoms with Gasteiger partial charge in [-0.3, -0.25) is 0 Å². The average molecular weight is 311 g/mol. The molecule has 0 fully saturated rings. The van der Waals surface area contributed by atoms with Crippen LogP contribution in [0.3, 0.4) is 0 Å². The third kappa shape index (κ3) is 3.43. The molecule has 0 aliphatic rings. The predicted octanol–water partition coefficient (Wildman–Crippen LogP) is 1.68. The summed E-state index contributed by atoms with van der Waals surface area (Å²) < 4.78 is 26.3. The number of aromatic nitrogens is 1. The summed E-state index contributed by atoms with van der Waals surface area (Å²) in [5.74, 6) is 0. The second-order valence-corrected chi connectivity index (χ2v) is 7.18. The highest BCUT2D eigenvalue weighted by molar-refractivity contribution is 7.89. The Hall–Kier alpha value is -1.28. The maximum Gasteiger partial charge on any atom is 0.243 e. The fourth-order valence-electron chi connectivity index (χ4n) is 1.83. The van der Waals surface area contributed by atoms with Crippen LogP contribution in [0.25, 0.3) is 0 Å². The van der Waals surface area contributed by atoms with E-state index >= 15 is 0 Å². The van der Waals surface area contributed by atoms with E-state index in [9.17, 15) is 8.42 Å². The van der Waals surface area contributed by atoms with Crippen molar-refractivity contribution in [3.63, 3.8) is 0 Å². The van der Waals surface area contributed by atoms with Gasteiger partial charge >= 0.3 is 0 Å². The Bertz CT molecular complexity index is 654. The van der Waals surface area contributed by atoms with Gasteiger partial charge in [0.2, 0.25) is 10.0 Å². The molecule has 1 aromatic heterocycles. The number of nitrogens with one attached hydrogen (secondary N) is 1. The molecule has 1 heterocycles. The predicted molar refractivity (Wildman–Crippen MR) is 80.0 cm³/mol. The van der Waals surface area contributed by atoms with Gasteiger partial charge in [0, 0.05) is 19.0 Å². The van der Waals surface area contributed by atoms with Crippen LogP contribution in [-0.4, -0.2) is 31.8 Å². The van der Waals surface area contributed by atoms with Crippen LogP contribution < -0.4 is 5.32 Å². The minimum atomic E-state index is -3.49. The minimum Gasteiger partial charge on any atom is -0.316 e. The first-order chi connectivity index (χ1) is 9.54. The Balaban J connectivity index is 2.22. The number of hydrogen-bond donors (Lipinski definition) is 1. The van der Waals surface area contributed by atoms with Crippen LogP contribution in [0.15, 0.2) is 40.1 Å². The number of benzene rings is 1. The SMILES string of the molecule is CNCc1cccc(S(=O)(=O)N(C)Cc2cscn2)c1. The van der Waals surface area contributed by atoms with Crippen molar-refractivity contribution in [3.05, 3.63) is 46.4 Å². The van der Waals surface area contributed by atoms with Crippen molar-refractivity contribution in [1.29, 1.82) is 0 Å². The molecule has 0 bridgehead atoms. The molecule has 1 aromatic carbocycles. The van der Waals surface area contributed by atoms with E-state index in [0.717, 1.165) is 11.3 Å². The van der Waals surface area contributed by atoms with Gasteiger partial charge in [-0.05, 0) is 24.7 Å². The van der Waals surface area contributed by atoms with E-state index in [4.69, 9.17) is 0 Å². The highest BCUT2D eigenvalue weighted by atomic mass is 32.2. The molecular formula is C13H17N3O2S2. The standard InChI is InChI=1S/C13H17N3O2S2/c1-14-7-11-4-3-5-13(6-11)20(17,18)16(2)8-12-9-19-10-15-12/h3-6,9-10,14H,7-8H2,1-2H3. The molecule has 0 amide bonds. The second kappa shape index (κ2) is 6.45. The van der Waals surface area contributed by atoms with Crippen LogP contribution in [0.2, 0.25) is 0 Å². The van der Waals surface area contributed by atoms with E-state index in [-0.39, 0.29) is 6.54 Å². The van der Waals surface area contributed by atoms with Gasteiger partial charge in [-0.15, -0.1) is 11.3 Å². The Morgan fingerprint density at radius 1 is 1.40 bits per heavy atom. The van der Waals surface area contributed by atoms with Crippen molar-refractivity contribution in [2.75, 3.05) is 14.1 Å². The molecule has 2 aromatic rings. The lowest BCUT2D eigenvalue weighted by molar-refractivity contribution is 0.463. The largest absolute Gasteiger partial charge is 0.316 e. The molecule has 7 heteroatoms. The number of rotatable bonds is 6. The second-order valence-electron chi connectivity index (χ2n) is 4.42. The summed E-state index contributed by atoms with van der Waals surface area (Å²) in [7, 11) is -0.0879. The quantitative estimate of drug-likeness (QED) is 0.882. The molecule has 2 rings (SSSR count). The Morgan fingerprint density at radius 3 is 2.85 bits per heavy atom. The summed E-state index contributed by atoms with van der Waals surface area (Å²) in [6.45, 7) is 0.918. The average Bonchev–Trinajstić information content (AvgIpc) is 2.92. The molecule has 0 saturated carbocycles. The molecule has 0 radical (unpaired) electrons. The van der Waals surface area contributed by atoms with E-state index in [1.54, 1.807) is 30.8 Å². The van der Waals surface area contributed by atoms with E-state index in [2.05, 4.69) is 10.3 Å². The van der Waals surface area contributed by atoms with Gasteiger partial charge in [0.05, 0.1) is 22.6 Å². The lowest BCUT2D eigenvalue weighted by Gasteiger charge is -2.16. The zero-order valence-corrected chi connectivity index (χ0v) is 13.0. The first kappa shape index (κ1) is 15.1. The topological polar surface area (TPSA) is 62.3 Å².